The van der Waals surface area contributed by atoms with Gasteiger partial charge in [-0.05, 0) is 62.6 Å². The van der Waals surface area contributed by atoms with Gasteiger partial charge in [0.15, 0.2) is 6.61 Å². The number of rotatable bonds is 6. The van der Waals surface area contributed by atoms with Gasteiger partial charge in [0.25, 0.3) is 0 Å². The third kappa shape index (κ3) is 5.67. The van der Waals surface area contributed by atoms with E-state index in [1.807, 2.05) is 32.9 Å². The zero-order chi connectivity index (χ0) is 20.0. The minimum atomic E-state index is -0.887. The lowest BCUT2D eigenvalue weighted by atomic mass is 9.98. The molecular weight excluding hydrogens is 344 g/mol. The standard InChI is InChI=1S/C21H24N2O4/c1-13-10-15(3)18(11-14(13)2)19(24)12-27-20(25)16(4)22-21(26)23-17-8-6-5-7-9-17/h5-11,16H,12H2,1-4H3,(H2,22,23,26)/t16-/m0/s1. The Morgan fingerprint density at radius 2 is 1.59 bits per heavy atom. The summed E-state index contributed by atoms with van der Waals surface area (Å²) in [6.07, 6.45) is 0. The molecule has 2 N–H and O–H groups in total. The molecule has 2 rings (SSSR count). The van der Waals surface area contributed by atoms with Crippen molar-refractivity contribution in [2.24, 2.45) is 0 Å². The molecule has 27 heavy (non-hydrogen) atoms. The molecular formula is C21H24N2O4. The number of Topliss-reactive ketones (excluding diaryl/α,β-unsaturated/α-hetero) is 1. The largest absolute Gasteiger partial charge is 0.456 e. The molecule has 0 unspecified atom stereocenters. The molecule has 6 nitrogen and oxygen atoms in total. The van der Waals surface area contributed by atoms with Crippen molar-refractivity contribution in [3.63, 3.8) is 0 Å². The summed E-state index contributed by atoms with van der Waals surface area (Å²) in [6, 6.07) is 11.2. The number of hydrogen-bond donors (Lipinski definition) is 2. The van der Waals surface area contributed by atoms with E-state index in [9.17, 15) is 14.4 Å². The van der Waals surface area contributed by atoms with Crippen molar-refractivity contribution in [1.29, 1.82) is 0 Å². The van der Waals surface area contributed by atoms with Crippen molar-refractivity contribution < 1.29 is 19.1 Å². The fraction of sp³-hybridized carbons (Fsp3) is 0.286. The molecule has 2 aromatic rings. The number of nitrogens with one attached hydrogen (secondary N) is 2. The normalized spacial score (nSPS) is 11.4. The van der Waals surface area contributed by atoms with E-state index in [1.165, 1.54) is 6.92 Å². The van der Waals surface area contributed by atoms with Gasteiger partial charge in [-0.2, -0.15) is 0 Å². The number of amides is 2. The number of anilines is 1. The van der Waals surface area contributed by atoms with E-state index in [2.05, 4.69) is 10.6 Å². The SMILES string of the molecule is Cc1cc(C)c(C(=O)COC(=O)[C@H](C)NC(=O)Nc2ccccc2)cc1C. The molecule has 142 valence electrons. The van der Waals surface area contributed by atoms with Crippen LogP contribution in [0.4, 0.5) is 10.5 Å². The summed E-state index contributed by atoms with van der Waals surface area (Å²) in [6.45, 7) is 6.88. The fourth-order valence-corrected chi connectivity index (χ4v) is 2.54. The van der Waals surface area contributed by atoms with Crippen LogP contribution in [0.25, 0.3) is 0 Å². The average Bonchev–Trinajstić information content (AvgIpc) is 2.63. The van der Waals surface area contributed by atoms with Gasteiger partial charge in [0.2, 0.25) is 5.78 Å². The summed E-state index contributed by atoms with van der Waals surface area (Å²) >= 11 is 0. The van der Waals surface area contributed by atoms with Gasteiger partial charge in [0.1, 0.15) is 6.04 Å². The number of urea groups is 1. The van der Waals surface area contributed by atoms with Crippen LogP contribution in [0, 0.1) is 20.8 Å². The lowest BCUT2D eigenvalue weighted by Gasteiger charge is -2.14. The third-order valence-corrected chi connectivity index (χ3v) is 4.22. The van der Waals surface area contributed by atoms with E-state index in [0.29, 0.717) is 11.3 Å². The number of carbonyl (C=O) groups is 3. The van der Waals surface area contributed by atoms with Gasteiger partial charge in [-0.25, -0.2) is 9.59 Å². The number of hydrogen-bond acceptors (Lipinski definition) is 4. The van der Waals surface area contributed by atoms with Gasteiger partial charge in [-0.1, -0.05) is 24.3 Å². The predicted octanol–water partition coefficient (Wildman–Crippen LogP) is 3.55. The highest BCUT2D eigenvalue weighted by Gasteiger charge is 2.19. The van der Waals surface area contributed by atoms with E-state index in [-0.39, 0.29) is 12.4 Å². The van der Waals surface area contributed by atoms with Gasteiger partial charge in [-0.3, -0.25) is 4.79 Å². The first-order chi connectivity index (χ1) is 12.8. The Morgan fingerprint density at radius 3 is 2.26 bits per heavy atom. The van der Waals surface area contributed by atoms with E-state index in [4.69, 9.17) is 4.74 Å². The maximum atomic E-state index is 12.3. The van der Waals surface area contributed by atoms with Crippen LogP contribution in [0.15, 0.2) is 42.5 Å². The summed E-state index contributed by atoms with van der Waals surface area (Å²) in [5.41, 5.74) is 4.09. The van der Waals surface area contributed by atoms with Gasteiger partial charge in [0.05, 0.1) is 0 Å². The highest BCUT2D eigenvalue weighted by molar-refractivity contribution is 6.00. The van der Waals surface area contributed by atoms with E-state index < -0.39 is 18.0 Å². The van der Waals surface area contributed by atoms with Crippen LogP contribution in [0.1, 0.15) is 34.0 Å². The smallest absolute Gasteiger partial charge is 0.328 e. The van der Waals surface area contributed by atoms with E-state index in [1.54, 1.807) is 30.3 Å². The third-order valence-electron chi connectivity index (χ3n) is 4.22. The number of carbonyl (C=O) groups excluding carboxylic acids is 3. The average molecular weight is 368 g/mol. The number of esters is 1. The Balaban J connectivity index is 1.86. The second kappa shape index (κ2) is 8.98. The highest BCUT2D eigenvalue weighted by atomic mass is 16.5. The van der Waals surface area contributed by atoms with Crippen LogP contribution in [0.3, 0.4) is 0 Å². The first kappa shape index (κ1) is 20.2. The maximum Gasteiger partial charge on any atom is 0.328 e. The van der Waals surface area contributed by atoms with Crippen LogP contribution >= 0.6 is 0 Å². The minimum absolute atomic E-state index is 0.273. The van der Waals surface area contributed by atoms with Gasteiger partial charge >= 0.3 is 12.0 Å². The molecule has 0 aliphatic carbocycles. The monoisotopic (exact) mass is 368 g/mol. The van der Waals surface area contributed by atoms with Crippen LogP contribution in [-0.4, -0.2) is 30.4 Å². The lowest BCUT2D eigenvalue weighted by molar-refractivity contribution is -0.144. The molecule has 0 fully saturated rings. The molecule has 0 saturated carbocycles. The molecule has 2 amide bonds. The molecule has 6 heteroatoms. The number of ketones is 1. The summed E-state index contributed by atoms with van der Waals surface area (Å²) in [4.78, 5) is 36.3. The molecule has 0 aromatic heterocycles. The number of ether oxygens (including phenoxy) is 1. The zero-order valence-corrected chi connectivity index (χ0v) is 16.0. The molecule has 2 aromatic carbocycles. The summed E-state index contributed by atoms with van der Waals surface area (Å²) < 4.78 is 5.07. The second-order valence-electron chi connectivity index (χ2n) is 6.47. The van der Waals surface area contributed by atoms with Crippen molar-refractivity contribution in [1.82, 2.24) is 5.32 Å². The van der Waals surface area contributed by atoms with Crippen LogP contribution in [-0.2, 0) is 9.53 Å². The van der Waals surface area contributed by atoms with E-state index in [0.717, 1.165) is 16.7 Å². The summed E-state index contributed by atoms with van der Waals surface area (Å²) in [5, 5.41) is 5.10. The Kier molecular flexibility index (Phi) is 6.71. The van der Waals surface area contributed by atoms with Crippen molar-refractivity contribution in [3.8, 4) is 0 Å². The Labute approximate surface area is 158 Å². The van der Waals surface area contributed by atoms with Gasteiger partial charge in [0, 0.05) is 11.3 Å². The molecule has 0 bridgehead atoms. The predicted molar refractivity (Wildman–Crippen MR) is 104 cm³/mol. The first-order valence-corrected chi connectivity index (χ1v) is 8.68. The maximum absolute atomic E-state index is 12.3. The van der Waals surface area contributed by atoms with Crippen LogP contribution in [0.5, 0.6) is 0 Å². The minimum Gasteiger partial charge on any atom is -0.456 e. The van der Waals surface area contributed by atoms with Crippen LogP contribution in [0.2, 0.25) is 0 Å². The van der Waals surface area contributed by atoms with Crippen molar-refractivity contribution >= 4 is 23.5 Å². The van der Waals surface area contributed by atoms with Gasteiger partial charge in [-0.15, -0.1) is 0 Å². The Hall–Kier alpha value is -3.15. The molecule has 0 radical (unpaired) electrons. The second-order valence-corrected chi connectivity index (χ2v) is 6.47. The van der Waals surface area contributed by atoms with E-state index >= 15 is 0 Å². The molecule has 0 aliphatic heterocycles. The molecule has 0 saturated heterocycles. The summed E-state index contributed by atoms with van der Waals surface area (Å²) in [5.74, 6) is -0.946. The number of para-hydroxylation sites is 1. The topological polar surface area (TPSA) is 84.5 Å². The summed E-state index contributed by atoms with van der Waals surface area (Å²) in [7, 11) is 0. The van der Waals surface area contributed by atoms with Crippen LogP contribution < -0.4 is 10.6 Å². The van der Waals surface area contributed by atoms with Crippen molar-refractivity contribution in [3.05, 3.63) is 64.7 Å². The molecule has 0 heterocycles. The molecule has 1 atom stereocenters. The lowest BCUT2D eigenvalue weighted by Crippen LogP contribution is -2.42. The Morgan fingerprint density at radius 1 is 0.963 bits per heavy atom. The molecule has 0 aliphatic rings. The highest BCUT2D eigenvalue weighted by Crippen LogP contribution is 2.16. The number of aryl methyl sites for hydroxylation is 3. The quantitative estimate of drug-likeness (QED) is 0.603. The number of benzene rings is 2. The first-order valence-electron chi connectivity index (χ1n) is 8.68. The van der Waals surface area contributed by atoms with Gasteiger partial charge < -0.3 is 15.4 Å². The fourth-order valence-electron chi connectivity index (χ4n) is 2.54. The van der Waals surface area contributed by atoms with Crippen molar-refractivity contribution in [2.45, 2.75) is 33.7 Å². The Bertz CT molecular complexity index is 847. The molecule has 0 spiro atoms. The zero-order valence-electron chi connectivity index (χ0n) is 16.0. The van der Waals surface area contributed by atoms with Crippen molar-refractivity contribution in [2.75, 3.05) is 11.9 Å².